The van der Waals surface area contributed by atoms with Crippen LogP contribution in [-0.4, -0.2) is 51.3 Å². The molecule has 0 spiro atoms. The lowest BCUT2D eigenvalue weighted by Crippen LogP contribution is -2.58. The Morgan fingerprint density at radius 1 is 1.06 bits per heavy atom. The topological polar surface area (TPSA) is 36.9 Å². The fraction of sp³-hybridized carbons (Fsp3) is 0.833. The molecule has 1 rings (SSSR count). The lowest BCUT2D eigenvalue weighted by atomic mass is 9.96. The van der Waals surface area contributed by atoms with E-state index in [1.807, 2.05) is 13.8 Å². The molecular formula is C12H20O4. The first-order valence-electron chi connectivity index (χ1n) is 5.41. The molecule has 0 aromatic carbocycles. The van der Waals surface area contributed by atoms with E-state index >= 15 is 0 Å². The van der Waals surface area contributed by atoms with Gasteiger partial charge in [-0.15, -0.1) is 6.42 Å². The minimum Gasteiger partial charge on any atom is -0.376 e. The first-order chi connectivity index (χ1) is 7.65. The highest BCUT2D eigenvalue weighted by atomic mass is 16.6. The summed E-state index contributed by atoms with van der Waals surface area (Å²) in [4.78, 5) is 0. The van der Waals surface area contributed by atoms with Crippen LogP contribution < -0.4 is 0 Å². The van der Waals surface area contributed by atoms with E-state index in [0.717, 1.165) is 0 Å². The lowest BCUT2D eigenvalue weighted by molar-refractivity contribution is -0.236. The van der Waals surface area contributed by atoms with Crippen LogP contribution in [0.15, 0.2) is 0 Å². The van der Waals surface area contributed by atoms with Gasteiger partial charge in [0.2, 0.25) is 0 Å². The maximum atomic E-state index is 5.72. The second kappa shape index (κ2) is 6.21. The summed E-state index contributed by atoms with van der Waals surface area (Å²) in [5.41, 5.74) is 0. The molecule has 0 aromatic rings. The summed E-state index contributed by atoms with van der Waals surface area (Å²) in [7, 11) is 3.28. The first-order valence-corrected chi connectivity index (χ1v) is 5.41. The maximum absolute atomic E-state index is 5.72. The highest BCUT2D eigenvalue weighted by Crippen LogP contribution is 2.26. The molecule has 0 bridgehead atoms. The Labute approximate surface area is 97.2 Å². The van der Waals surface area contributed by atoms with Gasteiger partial charge in [-0.1, -0.05) is 5.92 Å². The van der Waals surface area contributed by atoms with Crippen LogP contribution in [0.5, 0.6) is 0 Å². The van der Waals surface area contributed by atoms with E-state index < -0.39 is 0 Å². The minimum absolute atomic E-state index is 0.0332. The normalized spacial score (nSPS) is 39.3. The van der Waals surface area contributed by atoms with Crippen LogP contribution in [0.1, 0.15) is 13.8 Å². The van der Waals surface area contributed by atoms with Crippen LogP contribution in [-0.2, 0) is 18.9 Å². The second-order valence-electron chi connectivity index (χ2n) is 3.93. The standard InChI is InChI=1S/C12H20O4/c1-6-7-15-12-10(13-4)8(2)16-9(3)11(12)14-5/h1,8-12H,7H2,2-5H3/t8-,9-,10-,11-/m0/s1. The van der Waals surface area contributed by atoms with Crippen molar-refractivity contribution in [1.29, 1.82) is 0 Å². The molecule has 1 heterocycles. The second-order valence-corrected chi connectivity index (χ2v) is 3.93. The van der Waals surface area contributed by atoms with Crippen LogP contribution in [0, 0.1) is 12.3 Å². The van der Waals surface area contributed by atoms with E-state index in [0.29, 0.717) is 0 Å². The van der Waals surface area contributed by atoms with E-state index in [4.69, 9.17) is 25.4 Å². The van der Waals surface area contributed by atoms with Crippen LogP contribution >= 0.6 is 0 Å². The number of hydrogen-bond acceptors (Lipinski definition) is 4. The Hall–Kier alpha value is -0.600. The number of terminal acetylenes is 1. The monoisotopic (exact) mass is 228 g/mol. The molecule has 1 aliphatic heterocycles. The van der Waals surface area contributed by atoms with Gasteiger partial charge in [-0.3, -0.25) is 0 Å². The van der Waals surface area contributed by atoms with Gasteiger partial charge in [0.05, 0.1) is 12.2 Å². The van der Waals surface area contributed by atoms with Crippen molar-refractivity contribution in [2.45, 2.75) is 44.4 Å². The smallest absolute Gasteiger partial charge is 0.116 e. The third kappa shape index (κ3) is 2.74. The summed E-state index contributed by atoms with van der Waals surface area (Å²) < 4.78 is 22.1. The number of ether oxygens (including phenoxy) is 4. The van der Waals surface area contributed by atoms with Gasteiger partial charge in [-0.2, -0.15) is 0 Å². The van der Waals surface area contributed by atoms with Crippen molar-refractivity contribution in [1.82, 2.24) is 0 Å². The SMILES string of the molecule is C#CCOC1[C@@H](OC)[C@H](C)O[C@@H](C)[C@@H]1OC. The van der Waals surface area contributed by atoms with E-state index in [1.54, 1.807) is 14.2 Å². The van der Waals surface area contributed by atoms with Gasteiger partial charge in [0.25, 0.3) is 0 Å². The van der Waals surface area contributed by atoms with Gasteiger partial charge in [-0.05, 0) is 13.8 Å². The highest BCUT2D eigenvalue weighted by molar-refractivity contribution is 4.94. The Kier molecular flexibility index (Phi) is 5.23. The minimum atomic E-state index is -0.190. The molecule has 16 heavy (non-hydrogen) atoms. The Morgan fingerprint density at radius 2 is 1.56 bits per heavy atom. The largest absolute Gasteiger partial charge is 0.376 e. The zero-order valence-corrected chi connectivity index (χ0v) is 10.3. The summed E-state index contributed by atoms with van der Waals surface area (Å²) in [6.45, 7) is 4.18. The highest BCUT2D eigenvalue weighted by Gasteiger charge is 2.43. The molecule has 4 heteroatoms. The fourth-order valence-corrected chi connectivity index (χ4v) is 2.20. The molecule has 92 valence electrons. The summed E-state index contributed by atoms with van der Waals surface area (Å²) in [6.07, 6.45) is 4.63. The molecule has 0 amide bonds. The number of hydrogen-bond donors (Lipinski definition) is 0. The average molecular weight is 228 g/mol. The van der Waals surface area contributed by atoms with Gasteiger partial charge < -0.3 is 18.9 Å². The molecule has 4 atom stereocenters. The zero-order chi connectivity index (χ0) is 12.1. The molecule has 0 unspecified atom stereocenters. The van der Waals surface area contributed by atoms with E-state index in [1.165, 1.54) is 0 Å². The molecule has 1 saturated heterocycles. The Morgan fingerprint density at radius 3 is 1.94 bits per heavy atom. The van der Waals surface area contributed by atoms with Crippen molar-refractivity contribution < 1.29 is 18.9 Å². The lowest BCUT2D eigenvalue weighted by Gasteiger charge is -2.43. The molecule has 0 saturated carbocycles. The van der Waals surface area contributed by atoms with Gasteiger partial charge >= 0.3 is 0 Å². The first kappa shape index (κ1) is 13.5. The van der Waals surface area contributed by atoms with Crippen molar-refractivity contribution in [2.24, 2.45) is 0 Å². The van der Waals surface area contributed by atoms with Crippen molar-refractivity contribution in [3.8, 4) is 12.3 Å². The van der Waals surface area contributed by atoms with Crippen molar-refractivity contribution in [3.63, 3.8) is 0 Å². The molecule has 0 radical (unpaired) electrons. The van der Waals surface area contributed by atoms with E-state index in [2.05, 4.69) is 5.92 Å². The van der Waals surface area contributed by atoms with E-state index in [9.17, 15) is 0 Å². The van der Waals surface area contributed by atoms with Crippen LogP contribution in [0.25, 0.3) is 0 Å². The van der Waals surface area contributed by atoms with Gasteiger partial charge in [0.15, 0.2) is 0 Å². The molecule has 0 aromatic heterocycles. The van der Waals surface area contributed by atoms with Crippen molar-refractivity contribution in [3.05, 3.63) is 0 Å². The van der Waals surface area contributed by atoms with Crippen LogP contribution in [0.4, 0.5) is 0 Å². The molecule has 1 fully saturated rings. The Balaban J connectivity index is 2.77. The number of methoxy groups -OCH3 is 2. The fourth-order valence-electron chi connectivity index (χ4n) is 2.20. The quantitative estimate of drug-likeness (QED) is 0.668. The predicted molar refractivity (Wildman–Crippen MR) is 60.2 cm³/mol. The zero-order valence-electron chi connectivity index (χ0n) is 10.3. The van der Waals surface area contributed by atoms with E-state index in [-0.39, 0.29) is 37.1 Å². The summed E-state index contributed by atoms with van der Waals surface area (Å²) in [5.74, 6) is 2.46. The summed E-state index contributed by atoms with van der Waals surface area (Å²) in [5, 5.41) is 0. The van der Waals surface area contributed by atoms with Gasteiger partial charge in [0, 0.05) is 14.2 Å². The van der Waals surface area contributed by atoms with Crippen molar-refractivity contribution in [2.75, 3.05) is 20.8 Å². The maximum Gasteiger partial charge on any atom is 0.116 e. The molecule has 0 N–H and O–H groups in total. The van der Waals surface area contributed by atoms with Crippen LogP contribution in [0.3, 0.4) is 0 Å². The molecular weight excluding hydrogens is 208 g/mol. The average Bonchev–Trinajstić information content (AvgIpc) is 2.26. The number of rotatable bonds is 4. The van der Waals surface area contributed by atoms with Gasteiger partial charge in [-0.25, -0.2) is 0 Å². The Bertz CT molecular complexity index is 232. The van der Waals surface area contributed by atoms with Gasteiger partial charge in [0.1, 0.15) is 24.9 Å². The molecule has 4 nitrogen and oxygen atoms in total. The van der Waals surface area contributed by atoms with Crippen molar-refractivity contribution >= 4 is 0 Å². The summed E-state index contributed by atoms with van der Waals surface area (Å²) >= 11 is 0. The third-order valence-electron chi connectivity index (χ3n) is 2.91. The molecule has 0 aliphatic carbocycles. The van der Waals surface area contributed by atoms with Crippen LogP contribution in [0.2, 0.25) is 0 Å². The third-order valence-corrected chi connectivity index (χ3v) is 2.91. The molecule has 1 aliphatic rings. The summed E-state index contributed by atoms with van der Waals surface area (Å²) in [6, 6.07) is 0. The predicted octanol–water partition coefficient (Wildman–Crippen LogP) is 0.842.